The van der Waals surface area contributed by atoms with Gasteiger partial charge in [0.25, 0.3) is 5.56 Å². The fourth-order valence-electron chi connectivity index (χ4n) is 3.43. The van der Waals surface area contributed by atoms with E-state index in [9.17, 15) is 9.59 Å². The van der Waals surface area contributed by atoms with Gasteiger partial charge in [-0.2, -0.15) is 5.10 Å². The molecule has 0 aliphatic rings. The molecule has 7 nitrogen and oxygen atoms in total. The number of rotatable bonds is 8. The van der Waals surface area contributed by atoms with Crippen LogP contribution < -0.4 is 10.9 Å². The number of carbonyl (C=O) groups is 1. The molecular formula is C24H25N5O2S. The van der Waals surface area contributed by atoms with Gasteiger partial charge < -0.3 is 5.32 Å². The van der Waals surface area contributed by atoms with Crippen molar-refractivity contribution in [2.45, 2.75) is 38.5 Å². The van der Waals surface area contributed by atoms with Gasteiger partial charge in [-0.1, -0.05) is 54.2 Å². The van der Waals surface area contributed by atoms with Crippen LogP contribution in [0.25, 0.3) is 11.0 Å². The maximum Gasteiger partial charge on any atom is 0.282 e. The summed E-state index contributed by atoms with van der Waals surface area (Å²) in [4.78, 5) is 30.4. The Morgan fingerprint density at radius 1 is 1.12 bits per heavy atom. The van der Waals surface area contributed by atoms with Gasteiger partial charge in [0.1, 0.15) is 5.52 Å². The third kappa shape index (κ3) is 5.08. The van der Waals surface area contributed by atoms with E-state index in [1.54, 1.807) is 15.4 Å². The van der Waals surface area contributed by atoms with Gasteiger partial charge in [0.15, 0.2) is 10.7 Å². The van der Waals surface area contributed by atoms with Crippen LogP contribution in [0.5, 0.6) is 0 Å². The Kier molecular flexibility index (Phi) is 6.70. The minimum absolute atomic E-state index is 0.145. The van der Waals surface area contributed by atoms with Gasteiger partial charge in [0, 0.05) is 18.8 Å². The number of carbonyl (C=O) groups excluding carboxylic acids is 1. The first-order valence-corrected chi connectivity index (χ1v) is 11.5. The molecule has 0 saturated carbocycles. The second kappa shape index (κ2) is 9.82. The molecule has 4 aromatic rings. The second-order valence-corrected chi connectivity index (χ2v) is 8.45. The van der Waals surface area contributed by atoms with E-state index < -0.39 is 0 Å². The zero-order chi connectivity index (χ0) is 22.5. The summed E-state index contributed by atoms with van der Waals surface area (Å²) in [6.45, 7) is 5.06. The van der Waals surface area contributed by atoms with Crippen molar-refractivity contribution in [1.29, 1.82) is 0 Å². The van der Waals surface area contributed by atoms with E-state index in [1.807, 2.05) is 68.4 Å². The van der Waals surface area contributed by atoms with Crippen LogP contribution in [0.2, 0.25) is 0 Å². The monoisotopic (exact) mass is 447 g/mol. The summed E-state index contributed by atoms with van der Waals surface area (Å²) in [6, 6.07) is 17.6. The standard InChI is InChI=1S/C24H25N5O2S/c1-3-28-15-20-22(27-28)23(31)29(13-12-18-9-5-4-6-10-18)24(26-20)32-16-21(30)25-19-11-7-8-17(2)14-19/h4-11,14-15H,3,12-13,16H2,1-2H3,(H,25,30). The Morgan fingerprint density at radius 3 is 2.69 bits per heavy atom. The lowest BCUT2D eigenvalue weighted by molar-refractivity contribution is -0.113. The van der Waals surface area contributed by atoms with E-state index in [0.717, 1.165) is 16.8 Å². The van der Waals surface area contributed by atoms with Gasteiger partial charge in [0.2, 0.25) is 5.91 Å². The fraction of sp³-hybridized carbons (Fsp3) is 0.250. The summed E-state index contributed by atoms with van der Waals surface area (Å²) in [5, 5.41) is 7.80. The van der Waals surface area contributed by atoms with Gasteiger partial charge in [-0.3, -0.25) is 18.8 Å². The lowest BCUT2D eigenvalue weighted by Gasteiger charge is -2.12. The van der Waals surface area contributed by atoms with Gasteiger partial charge >= 0.3 is 0 Å². The first-order chi connectivity index (χ1) is 15.5. The van der Waals surface area contributed by atoms with Crippen LogP contribution in [0.15, 0.2) is 70.7 Å². The van der Waals surface area contributed by atoms with E-state index in [4.69, 9.17) is 0 Å². The lowest BCUT2D eigenvalue weighted by atomic mass is 10.1. The molecule has 1 amide bonds. The molecule has 0 spiro atoms. The molecule has 2 aromatic heterocycles. The van der Waals surface area contributed by atoms with Crippen LogP contribution in [0, 0.1) is 6.92 Å². The summed E-state index contributed by atoms with van der Waals surface area (Å²) in [5.41, 5.74) is 3.68. The smallest absolute Gasteiger partial charge is 0.282 e. The van der Waals surface area contributed by atoms with Crippen molar-refractivity contribution in [1.82, 2.24) is 19.3 Å². The normalized spacial score (nSPS) is 11.1. The Bertz CT molecular complexity index is 1300. The summed E-state index contributed by atoms with van der Waals surface area (Å²) in [5.74, 6) is 0.00730. The Morgan fingerprint density at radius 2 is 1.94 bits per heavy atom. The number of nitrogens with one attached hydrogen (secondary N) is 1. The molecular weight excluding hydrogens is 422 g/mol. The zero-order valence-corrected chi connectivity index (χ0v) is 18.9. The van der Waals surface area contributed by atoms with Crippen molar-refractivity contribution in [3.63, 3.8) is 0 Å². The summed E-state index contributed by atoms with van der Waals surface area (Å²) in [6.07, 6.45) is 2.46. The van der Waals surface area contributed by atoms with Gasteiger partial charge in [0.05, 0.1) is 11.9 Å². The minimum atomic E-state index is -0.181. The second-order valence-electron chi connectivity index (χ2n) is 7.51. The third-order valence-electron chi connectivity index (χ3n) is 5.06. The SMILES string of the molecule is CCn1cc2nc(SCC(=O)Nc3cccc(C)c3)n(CCc3ccccc3)c(=O)c2n1. The molecule has 0 aliphatic heterocycles. The van der Waals surface area contributed by atoms with Crippen LogP contribution in [0.1, 0.15) is 18.1 Å². The Balaban J connectivity index is 1.57. The molecule has 164 valence electrons. The first-order valence-electron chi connectivity index (χ1n) is 10.5. The molecule has 0 saturated heterocycles. The number of aromatic nitrogens is 4. The third-order valence-corrected chi connectivity index (χ3v) is 6.04. The highest BCUT2D eigenvalue weighted by Gasteiger charge is 2.16. The van der Waals surface area contributed by atoms with Crippen molar-refractivity contribution in [3.8, 4) is 0 Å². The first kappa shape index (κ1) is 21.8. The number of benzene rings is 2. The largest absolute Gasteiger partial charge is 0.325 e. The molecule has 0 unspecified atom stereocenters. The number of hydrogen-bond donors (Lipinski definition) is 1. The van der Waals surface area contributed by atoms with Crippen LogP contribution in [-0.4, -0.2) is 31.0 Å². The predicted octanol–water partition coefficient (Wildman–Crippen LogP) is 3.89. The molecule has 0 fully saturated rings. The van der Waals surface area contributed by atoms with E-state index in [0.29, 0.717) is 35.7 Å². The zero-order valence-electron chi connectivity index (χ0n) is 18.1. The number of amides is 1. The number of hydrogen-bond acceptors (Lipinski definition) is 5. The van der Waals surface area contributed by atoms with Crippen LogP contribution >= 0.6 is 11.8 Å². The molecule has 2 aromatic carbocycles. The van der Waals surface area contributed by atoms with Gasteiger partial charge in [-0.25, -0.2) is 4.98 Å². The van der Waals surface area contributed by atoms with Crippen molar-refractivity contribution in [3.05, 3.63) is 82.3 Å². The molecule has 8 heteroatoms. The lowest BCUT2D eigenvalue weighted by Crippen LogP contribution is -2.25. The highest BCUT2D eigenvalue weighted by Crippen LogP contribution is 2.19. The fourth-order valence-corrected chi connectivity index (χ4v) is 4.25. The summed E-state index contributed by atoms with van der Waals surface area (Å²) in [7, 11) is 0. The quantitative estimate of drug-likeness (QED) is 0.327. The van der Waals surface area contributed by atoms with Crippen molar-refractivity contribution < 1.29 is 4.79 Å². The Labute approximate surface area is 190 Å². The average molecular weight is 448 g/mol. The maximum atomic E-state index is 13.2. The summed E-state index contributed by atoms with van der Waals surface area (Å²) >= 11 is 1.26. The molecule has 2 heterocycles. The Hall–Kier alpha value is -3.39. The molecule has 32 heavy (non-hydrogen) atoms. The van der Waals surface area contributed by atoms with Crippen LogP contribution in [0.3, 0.4) is 0 Å². The average Bonchev–Trinajstić information content (AvgIpc) is 3.21. The topological polar surface area (TPSA) is 81.8 Å². The number of fused-ring (bicyclic) bond motifs is 1. The highest BCUT2D eigenvalue weighted by atomic mass is 32.2. The van der Waals surface area contributed by atoms with E-state index in [1.165, 1.54) is 11.8 Å². The molecule has 1 N–H and O–H groups in total. The van der Waals surface area contributed by atoms with Crippen LogP contribution in [-0.2, 0) is 24.3 Å². The van der Waals surface area contributed by atoms with Crippen molar-refractivity contribution in [2.24, 2.45) is 0 Å². The van der Waals surface area contributed by atoms with Gasteiger partial charge in [-0.15, -0.1) is 0 Å². The number of nitrogens with zero attached hydrogens (tertiary/aromatic N) is 4. The van der Waals surface area contributed by atoms with E-state index >= 15 is 0 Å². The molecule has 0 aliphatic carbocycles. The molecule has 0 bridgehead atoms. The number of anilines is 1. The van der Waals surface area contributed by atoms with Gasteiger partial charge in [-0.05, 0) is 43.5 Å². The van der Waals surface area contributed by atoms with Crippen molar-refractivity contribution >= 4 is 34.4 Å². The summed E-state index contributed by atoms with van der Waals surface area (Å²) < 4.78 is 3.34. The minimum Gasteiger partial charge on any atom is -0.325 e. The van der Waals surface area contributed by atoms with Crippen LogP contribution in [0.4, 0.5) is 5.69 Å². The van der Waals surface area contributed by atoms with E-state index in [2.05, 4.69) is 15.4 Å². The number of thioether (sulfide) groups is 1. The maximum absolute atomic E-state index is 13.2. The predicted molar refractivity (Wildman–Crippen MR) is 128 cm³/mol. The van der Waals surface area contributed by atoms with E-state index in [-0.39, 0.29) is 17.2 Å². The molecule has 4 rings (SSSR count). The van der Waals surface area contributed by atoms with Crippen molar-refractivity contribution in [2.75, 3.05) is 11.1 Å². The molecule has 0 radical (unpaired) electrons. The number of aryl methyl sites for hydroxylation is 3. The highest BCUT2D eigenvalue weighted by molar-refractivity contribution is 7.99. The molecule has 0 atom stereocenters.